The van der Waals surface area contributed by atoms with Crippen molar-refractivity contribution in [1.82, 2.24) is 0 Å². The Morgan fingerprint density at radius 3 is 1.84 bits per heavy atom. The average Bonchev–Trinajstić information content (AvgIpc) is 2.82. The average molecular weight is 457 g/mol. The van der Waals surface area contributed by atoms with Crippen molar-refractivity contribution in [3.63, 3.8) is 0 Å². The van der Waals surface area contributed by atoms with E-state index in [0.717, 1.165) is 30.4 Å². The SMILES string of the molecule is COc1cc(OC)c(C(=O)[P+](=O)C2(C(=O)c3c(C)cccc3C)CCCCC2)c(OC)c1. The maximum absolute atomic E-state index is 14.0. The van der Waals surface area contributed by atoms with E-state index in [1.54, 1.807) is 12.1 Å². The molecule has 1 fully saturated rings. The lowest BCUT2D eigenvalue weighted by atomic mass is 9.80. The van der Waals surface area contributed by atoms with Crippen LogP contribution in [0.5, 0.6) is 17.2 Å². The van der Waals surface area contributed by atoms with E-state index in [-0.39, 0.29) is 22.8 Å². The van der Waals surface area contributed by atoms with Crippen LogP contribution in [-0.4, -0.2) is 37.8 Å². The van der Waals surface area contributed by atoms with Gasteiger partial charge in [0.1, 0.15) is 17.2 Å². The first-order chi connectivity index (χ1) is 15.3. The zero-order valence-corrected chi connectivity index (χ0v) is 20.2. The Morgan fingerprint density at radius 2 is 1.38 bits per heavy atom. The zero-order valence-electron chi connectivity index (χ0n) is 19.3. The summed E-state index contributed by atoms with van der Waals surface area (Å²) in [7, 11) is 1.74. The predicted molar refractivity (Wildman–Crippen MR) is 124 cm³/mol. The normalized spacial score (nSPS) is 15.6. The molecule has 2 aromatic rings. The monoisotopic (exact) mass is 457 g/mol. The molecule has 1 unspecified atom stereocenters. The molecule has 1 atom stereocenters. The van der Waals surface area contributed by atoms with Gasteiger partial charge in [0.05, 0.1) is 21.3 Å². The fraction of sp³-hybridized carbons (Fsp3) is 0.440. The van der Waals surface area contributed by atoms with E-state index in [4.69, 9.17) is 14.2 Å². The minimum Gasteiger partial charge on any atom is -0.496 e. The molecule has 0 N–H and O–H groups in total. The van der Waals surface area contributed by atoms with Crippen LogP contribution in [0.2, 0.25) is 0 Å². The number of aryl methyl sites for hydroxylation is 2. The van der Waals surface area contributed by atoms with Gasteiger partial charge in [0.15, 0.2) is 5.56 Å². The van der Waals surface area contributed by atoms with Crippen LogP contribution in [0.15, 0.2) is 30.3 Å². The molecule has 6 nitrogen and oxygen atoms in total. The van der Waals surface area contributed by atoms with E-state index in [1.165, 1.54) is 21.3 Å². The number of carbonyl (C=O) groups is 2. The molecule has 0 heterocycles. The highest BCUT2D eigenvalue weighted by Crippen LogP contribution is 2.55. The predicted octanol–water partition coefficient (Wildman–Crippen LogP) is 5.88. The Hall–Kier alpha value is -2.72. The highest BCUT2D eigenvalue weighted by atomic mass is 31.1. The molecular weight excluding hydrogens is 427 g/mol. The van der Waals surface area contributed by atoms with Crippen LogP contribution >= 0.6 is 7.80 Å². The lowest BCUT2D eigenvalue weighted by Gasteiger charge is -2.27. The molecule has 1 aliphatic carbocycles. The van der Waals surface area contributed by atoms with Crippen LogP contribution in [0.4, 0.5) is 0 Å². The standard InChI is InChI=1S/C25H30O6P/c1-16-10-9-11-17(2)21(16)23(26)25(12-7-6-8-13-25)32(28)24(27)22-19(30-4)14-18(29-3)15-20(22)31-5/h9-11,14-15H,6-8,12-13H2,1-5H3/q+1. The topological polar surface area (TPSA) is 78.9 Å². The highest BCUT2D eigenvalue weighted by molar-refractivity contribution is 7.67. The van der Waals surface area contributed by atoms with Crippen molar-refractivity contribution < 1.29 is 28.4 Å². The maximum atomic E-state index is 14.0. The van der Waals surface area contributed by atoms with Gasteiger partial charge in [-0.1, -0.05) is 29.2 Å². The molecule has 3 rings (SSSR count). The molecule has 32 heavy (non-hydrogen) atoms. The first-order valence-electron chi connectivity index (χ1n) is 10.7. The number of ether oxygens (including phenoxy) is 3. The summed E-state index contributed by atoms with van der Waals surface area (Å²) in [5.74, 6) is 0.665. The Balaban J connectivity index is 2.14. The molecule has 170 valence electrons. The van der Waals surface area contributed by atoms with Gasteiger partial charge in [0.25, 0.3) is 0 Å². The second kappa shape index (κ2) is 9.83. The highest BCUT2D eigenvalue weighted by Gasteiger charge is 2.61. The van der Waals surface area contributed by atoms with Crippen molar-refractivity contribution in [3.05, 3.63) is 52.6 Å². The van der Waals surface area contributed by atoms with E-state index < -0.39 is 18.5 Å². The van der Waals surface area contributed by atoms with Crippen molar-refractivity contribution in [2.75, 3.05) is 21.3 Å². The van der Waals surface area contributed by atoms with Crippen LogP contribution in [0, 0.1) is 13.8 Å². The molecule has 0 saturated heterocycles. The number of hydrogen-bond acceptors (Lipinski definition) is 6. The van der Waals surface area contributed by atoms with Gasteiger partial charge in [-0.2, -0.15) is 0 Å². The van der Waals surface area contributed by atoms with Crippen LogP contribution in [0.1, 0.15) is 63.9 Å². The Morgan fingerprint density at radius 1 is 0.844 bits per heavy atom. The van der Waals surface area contributed by atoms with Gasteiger partial charge in [-0.15, -0.1) is 0 Å². The summed E-state index contributed by atoms with van der Waals surface area (Å²) in [6.07, 6.45) is 3.29. The summed E-state index contributed by atoms with van der Waals surface area (Å²) in [6.45, 7) is 3.75. The fourth-order valence-electron chi connectivity index (χ4n) is 4.58. The number of methoxy groups -OCH3 is 3. The van der Waals surface area contributed by atoms with Crippen LogP contribution in [-0.2, 0) is 4.57 Å². The maximum Gasteiger partial charge on any atom is 0.434 e. The second-order valence-corrected chi connectivity index (χ2v) is 10.0. The Bertz CT molecular complexity index is 1010. The fourth-order valence-corrected chi connectivity index (χ4v) is 6.41. The van der Waals surface area contributed by atoms with Crippen molar-refractivity contribution in [1.29, 1.82) is 0 Å². The lowest BCUT2D eigenvalue weighted by Crippen LogP contribution is -2.39. The molecule has 0 bridgehead atoms. The van der Waals surface area contributed by atoms with E-state index >= 15 is 0 Å². The molecule has 0 radical (unpaired) electrons. The molecular formula is C25H30O6P+. The molecule has 2 aromatic carbocycles. The zero-order chi connectivity index (χ0) is 23.5. The van der Waals surface area contributed by atoms with E-state index in [2.05, 4.69) is 0 Å². The van der Waals surface area contributed by atoms with Crippen LogP contribution in [0.25, 0.3) is 0 Å². The van der Waals surface area contributed by atoms with Crippen LogP contribution < -0.4 is 14.2 Å². The molecule has 0 amide bonds. The summed E-state index contributed by atoms with van der Waals surface area (Å²) in [5, 5.41) is -1.24. The number of hydrogen-bond donors (Lipinski definition) is 0. The largest absolute Gasteiger partial charge is 0.496 e. The molecule has 0 spiro atoms. The van der Waals surface area contributed by atoms with Gasteiger partial charge in [0.2, 0.25) is 10.9 Å². The lowest BCUT2D eigenvalue weighted by molar-refractivity contribution is 0.0901. The van der Waals surface area contributed by atoms with E-state index in [0.29, 0.717) is 24.2 Å². The van der Waals surface area contributed by atoms with Gasteiger partial charge in [-0.05, 0) is 37.8 Å². The first-order valence-corrected chi connectivity index (χ1v) is 12.0. The van der Waals surface area contributed by atoms with Gasteiger partial charge in [-0.25, -0.2) is 4.79 Å². The smallest absolute Gasteiger partial charge is 0.434 e. The summed E-state index contributed by atoms with van der Waals surface area (Å²) >= 11 is 0. The van der Waals surface area contributed by atoms with Crippen molar-refractivity contribution in [3.8, 4) is 17.2 Å². The molecule has 0 aliphatic heterocycles. The van der Waals surface area contributed by atoms with Crippen molar-refractivity contribution in [2.45, 2.75) is 51.1 Å². The first kappa shape index (κ1) is 23.9. The second-order valence-electron chi connectivity index (χ2n) is 8.19. The van der Waals surface area contributed by atoms with Crippen LogP contribution in [0.3, 0.4) is 0 Å². The van der Waals surface area contributed by atoms with Gasteiger partial charge < -0.3 is 14.2 Å². The quantitative estimate of drug-likeness (QED) is 0.364. The van der Waals surface area contributed by atoms with Gasteiger partial charge in [0, 0.05) is 30.5 Å². The number of ketones is 1. The third-order valence-corrected chi connectivity index (χ3v) is 8.33. The van der Waals surface area contributed by atoms with Crippen molar-refractivity contribution in [2.24, 2.45) is 0 Å². The summed E-state index contributed by atoms with van der Waals surface area (Å²) in [5.41, 5.74) is 1.68. The number of carbonyl (C=O) groups excluding carboxylic acids is 2. The third kappa shape index (κ3) is 4.16. The summed E-state index contributed by atoms with van der Waals surface area (Å²) in [4.78, 5) is 27.6. The molecule has 1 aliphatic rings. The van der Waals surface area contributed by atoms with E-state index in [1.807, 2.05) is 32.0 Å². The number of Topliss-reactive ketones (excluding diaryl/α,β-unsaturated/α-hetero) is 1. The van der Waals surface area contributed by atoms with Gasteiger partial charge in [-0.3, -0.25) is 4.79 Å². The third-order valence-electron chi connectivity index (χ3n) is 6.31. The molecule has 7 heteroatoms. The summed E-state index contributed by atoms with van der Waals surface area (Å²) < 4.78 is 30.1. The molecule has 0 aromatic heterocycles. The number of rotatable bonds is 8. The summed E-state index contributed by atoms with van der Waals surface area (Å²) in [6, 6.07) is 8.76. The Labute approximate surface area is 190 Å². The van der Waals surface area contributed by atoms with E-state index in [9.17, 15) is 14.2 Å². The molecule has 1 saturated carbocycles. The Kier molecular flexibility index (Phi) is 7.35. The number of benzene rings is 2. The van der Waals surface area contributed by atoms with Gasteiger partial charge >= 0.3 is 13.3 Å². The minimum atomic E-state index is -2.61. The minimum absolute atomic E-state index is 0.0798. The van der Waals surface area contributed by atoms with Crippen molar-refractivity contribution >= 4 is 19.1 Å².